The molecule has 1 saturated carbocycles. The first-order valence-electron chi connectivity index (χ1n) is 14.4. The van der Waals surface area contributed by atoms with Gasteiger partial charge in [-0.15, -0.1) is 0 Å². The highest BCUT2D eigenvalue weighted by molar-refractivity contribution is 5.96. The molecule has 2 aromatic rings. The number of nitrogens with one attached hydrogen (secondary N) is 1. The van der Waals surface area contributed by atoms with Gasteiger partial charge >= 0.3 is 0 Å². The zero-order valence-electron chi connectivity index (χ0n) is 23.1. The minimum atomic E-state index is -0.237. The molecule has 1 amide bonds. The highest BCUT2D eigenvalue weighted by atomic mass is 19.1. The largest absolute Gasteiger partial charge is 0.474 e. The zero-order chi connectivity index (χ0) is 26.9. The lowest BCUT2D eigenvalue weighted by Crippen LogP contribution is -2.62. The van der Waals surface area contributed by atoms with E-state index in [0.29, 0.717) is 50.0 Å². The van der Waals surface area contributed by atoms with Gasteiger partial charge < -0.3 is 19.7 Å². The summed E-state index contributed by atoms with van der Waals surface area (Å²) in [4.78, 5) is 25.5. The highest BCUT2D eigenvalue weighted by Crippen LogP contribution is 2.44. The first-order valence-corrected chi connectivity index (χ1v) is 14.4. The van der Waals surface area contributed by atoms with Gasteiger partial charge in [0.25, 0.3) is 0 Å². The Kier molecular flexibility index (Phi) is 7.84. The van der Waals surface area contributed by atoms with Crippen molar-refractivity contribution in [3.63, 3.8) is 0 Å². The lowest BCUT2D eigenvalue weighted by Gasteiger charge is -2.44. The van der Waals surface area contributed by atoms with Crippen molar-refractivity contribution >= 4 is 11.6 Å². The molecule has 6 rings (SSSR count). The van der Waals surface area contributed by atoms with Crippen LogP contribution in [0.5, 0.6) is 5.88 Å². The maximum absolute atomic E-state index is 13.9. The Hall–Kier alpha value is -2.59. The van der Waals surface area contributed by atoms with Crippen LogP contribution < -0.4 is 15.0 Å². The van der Waals surface area contributed by atoms with Crippen molar-refractivity contribution in [1.82, 2.24) is 20.1 Å². The second-order valence-electron chi connectivity index (χ2n) is 11.6. The number of fused-ring (bicyclic) bond motifs is 1. The minimum absolute atomic E-state index is 0.0855. The van der Waals surface area contributed by atoms with E-state index in [1.807, 2.05) is 17.0 Å². The molecule has 39 heavy (non-hydrogen) atoms. The summed E-state index contributed by atoms with van der Waals surface area (Å²) in [6, 6.07) is 9.72. The number of anilines is 1. The van der Waals surface area contributed by atoms with Crippen molar-refractivity contribution in [2.75, 3.05) is 64.0 Å². The molecule has 3 fully saturated rings. The fourth-order valence-corrected chi connectivity index (χ4v) is 6.09. The van der Waals surface area contributed by atoms with E-state index >= 15 is 0 Å². The Morgan fingerprint density at radius 3 is 2.72 bits per heavy atom. The van der Waals surface area contributed by atoms with E-state index < -0.39 is 0 Å². The second-order valence-corrected chi connectivity index (χ2v) is 11.6. The number of benzene rings is 1. The van der Waals surface area contributed by atoms with Crippen LogP contribution in [-0.4, -0.2) is 97.9 Å². The van der Waals surface area contributed by atoms with Gasteiger partial charge in [0.1, 0.15) is 18.1 Å². The maximum atomic E-state index is 13.9. The van der Waals surface area contributed by atoms with Crippen LogP contribution in [0.25, 0.3) is 0 Å². The summed E-state index contributed by atoms with van der Waals surface area (Å²) in [7, 11) is 0. The van der Waals surface area contributed by atoms with Crippen molar-refractivity contribution in [2.24, 2.45) is 0 Å². The molecule has 4 heterocycles. The molecule has 1 aromatic carbocycles. The minimum Gasteiger partial charge on any atom is -0.474 e. The molecule has 3 aliphatic heterocycles. The zero-order valence-corrected chi connectivity index (χ0v) is 23.1. The fourth-order valence-electron chi connectivity index (χ4n) is 6.09. The summed E-state index contributed by atoms with van der Waals surface area (Å²) in [6.07, 6.45) is 2.90. The molecule has 3 atom stereocenters. The van der Waals surface area contributed by atoms with Crippen molar-refractivity contribution in [1.29, 1.82) is 0 Å². The van der Waals surface area contributed by atoms with E-state index in [0.717, 1.165) is 74.7 Å². The molecular weight excluding hydrogens is 497 g/mol. The van der Waals surface area contributed by atoms with Crippen molar-refractivity contribution in [2.45, 2.75) is 57.2 Å². The lowest BCUT2D eigenvalue weighted by molar-refractivity contribution is -0.121. The Morgan fingerprint density at radius 2 is 1.95 bits per heavy atom. The summed E-state index contributed by atoms with van der Waals surface area (Å²) in [6.45, 7) is 10.8. The number of pyridine rings is 1. The smallest absolute Gasteiger partial charge is 0.241 e. The summed E-state index contributed by atoms with van der Waals surface area (Å²) < 4.78 is 25.1. The molecular formula is C30H40FN5O3. The van der Waals surface area contributed by atoms with Crippen LogP contribution >= 0.6 is 0 Å². The van der Waals surface area contributed by atoms with Crippen molar-refractivity contribution in [3.8, 4) is 5.88 Å². The average Bonchev–Trinajstić information content (AvgIpc) is 3.77. The van der Waals surface area contributed by atoms with Gasteiger partial charge in [-0.2, -0.15) is 0 Å². The Morgan fingerprint density at radius 1 is 1.13 bits per heavy atom. The van der Waals surface area contributed by atoms with Crippen LogP contribution in [0, 0.1) is 5.82 Å². The predicted molar refractivity (Wildman–Crippen MR) is 148 cm³/mol. The number of halogens is 1. The van der Waals surface area contributed by atoms with E-state index in [-0.39, 0.29) is 17.8 Å². The molecule has 4 aliphatic rings. The summed E-state index contributed by atoms with van der Waals surface area (Å²) in [5.41, 5.74) is 3.95. The molecule has 0 radical (unpaired) electrons. The third-order valence-electron chi connectivity index (χ3n) is 8.51. The molecule has 0 spiro atoms. The number of hydrogen-bond donors (Lipinski definition) is 1. The Balaban J connectivity index is 1.22. The van der Waals surface area contributed by atoms with Gasteiger partial charge in [-0.3, -0.25) is 14.6 Å². The molecule has 2 saturated heterocycles. The SMILES string of the molecule is CC1COCCN1C[C@H]1CN[C@H](C)CN1CC(=O)N1CCOc2nc(C3CC3)c(Cc3ccc(F)cc3)cc21. The third-order valence-corrected chi connectivity index (χ3v) is 8.51. The summed E-state index contributed by atoms with van der Waals surface area (Å²) in [5.74, 6) is 0.846. The highest BCUT2D eigenvalue weighted by Gasteiger charge is 2.35. The third kappa shape index (κ3) is 6.11. The van der Waals surface area contributed by atoms with Gasteiger partial charge in [-0.1, -0.05) is 12.1 Å². The van der Waals surface area contributed by atoms with E-state index in [1.165, 1.54) is 12.1 Å². The van der Waals surface area contributed by atoms with Crippen LogP contribution in [0.1, 0.15) is 49.4 Å². The normalized spacial score (nSPS) is 26.2. The van der Waals surface area contributed by atoms with Gasteiger partial charge in [-0.25, -0.2) is 9.37 Å². The van der Waals surface area contributed by atoms with Crippen LogP contribution in [0.3, 0.4) is 0 Å². The molecule has 1 aromatic heterocycles. The average molecular weight is 538 g/mol. The molecule has 1 aliphatic carbocycles. The number of hydrogen-bond acceptors (Lipinski definition) is 7. The van der Waals surface area contributed by atoms with Crippen LogP contribution in [-0.2, 0) is 16.0 Å². The number of rotatable bonds is 7. The van der Waals surface area contributed by atoms with Gasteiger partial charge in [-0.05, 0) is 62.4 Å². The monoisotopic (exact) mass is 537 g/mol. The fraction of sp³-hybridized carbons (Fsp3) is 0.600. The van der Waals surface area contributed by atoms with Crippen LogP contribution in [0.2, 0.25) is 0 Å². The van der Waals surface area contributed by atoms with Crippen LogP contribution in [0.4, 0.5) is 10.1 Å². The number of carbonyl (C=O) groups is 1. The predicted octanol–water partition coefficient (Wildman–Crippen LogP) is 2.80. The standard InChI is InChI=1S/C30H40FN5O3/c1-20-16-35(26(15-32-20)17-34-9-11-38-19-21(34)2)18-28(37)36-10-12-39-30-27(36)14-24(29(33-30)23-5-6-23)13-22-3-7-25(31)8-4-22/h3-4,7-8,14,20-21,23,26,32H,5-6,9-13,15-19H2,1-2H3/t20-,21?,26-/m1/s1. The van der Waals surface area contributed by atoms with Gasteiger partial charge in [0.05, 0.1) is 32.0 Å². The first-order chi connectivity index (χ1) is 18.9. The summed E-state index contributed by atoms with van der Waals surface area (Å²) >= 11 is 0. The van der Waals surface area contributed by atoms with Gasteiger partial charge in [0, 0.05) is 50.2 Å². The first kappa shape index (κ1) is 26.6. The maximum Gasteiger partial charge on any atom is 0.241 e. The summed E-state index contributed by atoms with van der Waals surface area (Å²) in [5, 5.41) is 3.61. The molecule has 1 N–H and O–H groups in total. The van der Waals surface area contributed by atoms with E-state index in [2.05, 4.69) is 35.0 Å². The number of amides is 1. The van der Waals surface area contributed by atoms with E-state index in [1.54, 1.807) is 0 Å². The number of aromatic nitrogens is 1. The van der Waals surface area contributed by atoms with Crippen molar-refractivity contribution in [3.05, 3.63) is 53.0 Å². The van der Waals surface area contributed by atoms with Gasteiger partial charge in [0.2, 0.25) is 11.8 Å². The number of carbonyl (C=O) groups excluding carboxylic acids is 1. The number of piperazine rings is 1. The van der Waals surface area contributed by atoms with Crippen LogP contribution in [0.15, 0.2) is 30.3 Å². The lowest BCUT2D eigenvalue weighted by atomic mass is 10.00. The molecule has 1 unspecified atom stereocenters. The molecule has 210 valence electrons. The molecule has 0 bridgehead atoms. The molecule has 9 heteroatoms. The number of morpholine rings is 1. The van der Waals surface area contributed by atoms with E-state index in [4.69, 9.17) is 14.5 Å². The van der Waals surface area contributed by atoms with Crippen molar-refractivity contribution < 1.29 is 18.7 Å². The van der Waals surface area contributed by atoms with Gasteiger partial charge in [0.15, 0.2) is 0 Å². The molecule has 8 nitrogen and oxygen atoms in total. The number of nitrogens with zero attached hydrogens (tertiary/aromatic N) is 4. The quantitative estimate of drug-likeness (QED) is 0.583. The topological polar surface area (TPSA) is 70.2 Å². The Bertz CT molecular complexity index is 1170. The van der Waals surface area contributed by atoms with E-state index in [9.17, 15) is 9.18 Å². The Labute approximate surface area is 230 Å². The second kappa shape index (κ2) is 11.5. The number of ether oxygens (including phenoxy) is 2.